The molecule has 0 aliphatic carbocycles. The summed E-state index contributed by atoms with van der Waals surface area (Å²) in [6, 6.07) is 10.3. The van der Waals surface area contributed by atoms with Crippen LogP contribution in [-0.2, 0) is 0 Å². The number of hydrogen-bond donors (Lipinski definition) is 0. The van der Waals surface area contributed by atoms with Crippen molar-refractivity contribution < 1.29 is 4.39 Å². The molecule has 0 radical (unpaired) electrons. The molecule has 1 heterocycles. The molecule has 21 heavy (non-hydrogen) atoms. The molecule has 1 atom stereocenters. The molecular weight excluding hydrogens is 310 g/mol. The first-order valence-corrected chi connectivity index (χ1v) is 7.36. The minimum Gasteiger partial charge on any atom is -0.295 e. The lowest BCUT2D eigenvalue weighted by Crippen LogP contribution is -2.02. The van der Waals surface area contributed by atoms with Crippen LogP contribution in [0.15, 0.2) is 36.4 Å². The summed E-state index contributed by atoms with van der Waals surface area (Å²) in [6.07, 6.45) is 0. The molecule has 0 spiro atoms. The maximum absolute atomic E-state index is 13.7. The van der Waals surface area contributed by atoms with Crippen molar-refractivity contribution in [3.8, 4) is 5.69 Å². The number of rotatable bonds is 2. The van der Waals surface area contributed by atoms with E-state index in [4.69, 9.17) is 23.2 Å². The highest BCUT2D eigenvalue weighted by molar-refractivity contribution is 6.30. The Kier molecular flexibility index (Phi) is 3.64. The largest absolute Gasteiger partial charge is 0.295 e. The maximum atomic E-state index is 13.7. The van der Waals surface area contributed by atoms with E-state index in [1.807, 2.05) is 36.6 Å². The zero-order chi connectivity index (χ0) is 15.1. The van der Waals surface area contributed by atoms with E-state index >= 15 is 0 Å². The average molecular weight is 323 g/mol. The Morgan fingerprint density at radius 1 is 1.19 bits per heavy atom. The van der Waals surface area contributed by atoms with Gasteiger partial charge in [-0.3, -0.25) is 4.57 Å². The van der Waals surface area contributed by atoms with Crippen molar-refractivity contribution in [3.63, 3.8) is 0 Å². The van der Waals surface area contributed by atoms with Crippen molar-refractivity contribution in [2.75, 3.05) is 0 Å². The second-order valence-corrected chi connectivity index (χ2v) is 6.13. The van der Waals surface area contributed by atoms with Gasteiger partial charge in [-0.05, 0) is 49.7 Å². The standard InChI is InChI=1S/C16H13Cl2FN2/c1-9-3-4-15-14(5-9)20-16(10(2)17)21(15)13-7-11(18)6-12(19)8-13/h3-8,10H,1-2H3. The number of aromatic nitrogens is 2. The summed E-state index contributed by atoms with van der Waals surface area (Å²) in [5.41, 5.74) is 3.44. The fraction of sp³-hybridized carbons (Fsp3) is 0.188. The molecule has 0 bridgehead atoms. The first-order valence-electron chi connectivity index (χ1n) is 6.55. The number of imidazole rings is 1. The molecule has 1 aromatic heterocycles. The smallest absolute Gasteiger partial charge is 0.132 e. The van der Waals surface area contributed by atoms with Crippen molar-refractivity contribution in [1.29, 1.82) is 0 Å². The predicted octanol–water partition coefficient (Wildman–Crippen LogP) is 5.43. The van der Waals surface area contributed by atoms with E-state index in [-0.39, 0.29) is 11.2 Å². The molecule has 1 unspecified atom stereocenters. The lowest BCUT2D eigenvalue weighted by Gasteiger charge is -2.11. The normalized spacial score (nSPS) is 12.8. The molecule has 5 heteroatoms. The predicted molar refractivity (Wildman–Crippen MR) is 85.0 cm³/mol. The van der Waals surface area contributed by atoms with E-state index < -0.39 is 0 Å². The summed E-state index contributed by atoms with van der Waals surface area (Å²) >= 11 is 12.2. The topological polar surface area (TPSA) is 17.8 Å². The fourth-order valence-electron chi connectivity index (χ4n) is 2.42. The third-order valence-electron chi connectivity index (χ3n) is 3.30. The van der Waals surface area contributed by atoms with Crippen molar-refractivity contribution >= 4 is 34.2 Å². The Bertz CT molecular complexity index is 804. The average Bonchev–Trinajstić information content (AvgIpc) is 2.76. The highest BCUT2D eigenvalue weighted by atomic mass is 35.5. The highest BCUT2D eigenvalue weighted by Gasteiger charge is 2.17. The van der Waals surface area contributed by atoms with Gasteiger partial charge in [0.15, 0.2) is 0 Å². The summed E-state index contributed by atoms with van der Waals surface area (Å²) in [5.74, 6) is 0.276. The number of benzene rings is 2. The van der Waals surface area contributed by atoms with E-state index in [0.29, 0.717) is 16.5 Å². The van der Waals surface area contributed by atoms with Gasteiger partial charge in [0.05, 0.1) is 22.1 Å². The van der Waals surface area contributed by atoms with Crippen LogP contribution >= 0.6 is 23.2 Å². The fourth-order valence-corrected chi connectivity index (χ4v) is 2.78. The minimum absolute atomic E-state index is 0.306. The van der Waals surface area contributed by atoms with Gasteiger partial charge in [-0.15, -0.1) is 11.6 Å². The second kappa shape index (κ2) is 5.32. The number of aryl methyl sites for hydroxylation is 1. The summed E-state index contributed by atoms with van der Waals surface area (Å²) in [5, 5.41) is 0.0342. The number of alkyl halides is 1. The maximum Gasteiger partial charge on any atom is 0.132 e. The van der Waals surface area contributed by atoms with Crippen molar-refractivity contribution in [2.45, 2.75) is 19.2 Å². The highest BCUT2D eigenvalue weighted by Crippen LogP contribution is 2.30. The Morgan fingerprint density at radius 2 is 1.95 bits per heavy atom. The van der Waals surface area contributed by atoms with Gasteiger partial charge in [0, 0.05) is 5.02 Å². The summed E-state index contributed by atoms with van der Waals surface area (Å²) < 4.78 is 15.5. The molecule has 0 aliphatic heterocycles. The van der Waals surface area contributed by atoms with Crippen LogP contribution in [-0.4, -0.2) is 9.55 Å². The molecule has 2 nitrogen and oxygen atoms in total. The minimum atomic E-state index is -0.389. The molecule has 0 aliphatic rings. The number of fused-ring (bicyclic) bond motifs is 1. The van der Waals surface area contributed by atoms with Crippen molar-refractivity contribution in [2.24, 2.45) is 0 Å². The van der Waals surface area contributed by atoms with Gasteiger partial charge in [-0.1, -0.05) is 17.7 Å². The quantitative estimate of drug-likeness (QED) is 0.575. The first kappa shape index (κ1) is 14.4. The Morgan fingerprint density at radius 3 is 2.62 bits per heavy atom. The van der Waals surface area contributed by atoms with Crippen LogP contribution < -0.4 is 0 Å². The van der Waals surface area contributed by atoms with Crippen LogP contribution in [0.3, 0.4) is 0 Å². The van der Waals surface area contributed by atoms with Crippen molar-refractivity contribution in [1.82, 2.24) is 9.55 Å². The molecular formula is C16H13Cl2FN2. The van der Waals surface area contributed by atoms with Crippen LogP contribution in [0.5, 0.6) is 0 Å². The Labute approximate surface area is 132 Å². The first-order chi connectivity index (χ1) is 9.95. The van der Waals surface area contributed by atoms with Crippen LogP contribution in [0, 0.1) is 12.7 Å². The number of halogens is 3. The summed E-state index contributed by atoms with van der Waals surface area (Å²) in [4.78, 5) is 4.57. The third-order valence-corrected chi connectivity index (χ3v) is 3.71. The van der Waals surface area contributed by atoms with Gasteiger partial charge in [-0.25, -0.2) is 9.37 Å². The molecule has 0 N–H and O–H groups in total. The van der Waals surface area contributed by atoms with Gasteiger partial charge in [0.25, 0.3) is 0 Å². The van der Waals surface area contributed by atoms with Gasteiger partial charge in [0.2, 0.25) is 0 Å². The number of nitrogens with zero attached hydrogens (tertiary/aromatic N) is 2. The van der Waals surface area contributed by atoms with Crippen LogP contribution in [0.1, 0.15) is 23.7 Å². The van der Waals surface area contributed by atoms with Gasteiger partial charge >= 0.3 is 0 Å². The Hall–Kier alpha value is -1.58. The summed E-state index contributed by atoms with van der Waals surface area (Å²) in [6.45, 7) is 3.84. The van der Waals surface area contributed by atoms with Gasteiger partial charge in [0.1, 0.15) is 11.6 Å². The van der Waals surface area contributed by atoms with Crippen LogP contribution in [0.2, 0.25) is 5.02 Å². The molecule has 0 saturated heterocycles. The van der Waals surface area contributed by atoms with Gasteiger partial charge < -0.3 is 0 Å². The van der Waals surface area contributed by atoms with Crippen molar-refractivity contribution in [3.05, 3.63) is 58.6 Å². The van der Waals surface area contributed by atoms with Gasteiger partial charge in [-0.2, -0.15) is 0 Å². The Balaban J connectivity index is 2.36. The zero-order valence-corrected chi connectivity index (χ0v) is 13.1. The molecule has 3 rings (SSSR count). The molecule has 0 saturated carbocycles. The lowest BCUT2D eigenvalue weighted by molar-refractivity contribution is 0.626. The molecule has 3 aromatic rings. The van der Waals surface area contributed by atoms with Crippen LogP contribution in [0.4, 0.5) is 4.39 Å². The molecule has 108 valence electrons. The monoisotopic (exact) mass is 322 g/mol. The lowest BCUT2D eigenvalue weighted by atomic mass is 10.2. The molecule has 0 amide bonds. The SMILES string of the molecule is Cc1ccc2c(c1)nc(C(C)Cl)n2-c1cc(F)cc(Cl)c1. The van der Waals surface area contributed by atoms with E-state index in [2.05, 4.69) is 4.98 Å². The number of hydrogen-bond acceptors (Lipinski definition) is 1. The van der Waals surface area contributed by atoms with E-state index in [9.17, 15) is 4.39 Å². The molecule has 2 aromatic carbocycles. The second-order valence-electron chi connectivity index (χ2n) is 5.04. The summed E-state index contributed by atoms with van der Waals surface area (Å²) in [7, 11) is 0. The zero-order valence-electron chi connectivity index (χ0n) is 11.6. The van der Waals surface area contributed by atoms with E-state index in [1.54, 1.807) is 6.07 Å². The third kappa shape index (κ3) is 2.63. The van der Waals surface area contributed by atoms with E-state index in [1.165, 1.54) is 12.1 Å². The molecule has 0 fully saturated rings. The van der Waals surface area contributed by atoms with Crippen LogP contribution in [0.25, 0.3) is 16.7 Å². The van der Waals surface area contributed by atoms with E-state index in [0.717, 1.165) is 16.6 Å².